The van der Waals surface area contributed by atoms with E-state index >= 15 is 0 Å². The molecule has 1 atom stereocenters. The zero-order valence-electron chi connectivity index (χ0n) is 17.3. The molecule has 4 aromatic rings. The zero-order chi connectivity index (χ0) is 22.4. The number of halogens is 1. The molecule has 1 aliphatic heterocycles. The number of carbonyl (C=O) groups excluding carboxylic acids is 1. The number of nitrogens with one attached hydrogen (secondary N) is 2. The van der Waals surface area contributed by atoms with Gasteiger partial charge in [-0.05, 0) is 13.0 Å². The number of imidazole rings is 1. The van der Waals surface area contributed by atoms with E-state index < -0.39 is 11.9 Å². The van der Waals surface area contributed by atoms with Gasteiger partial charge in [0.2, 0.25) is 5.88 Å². The number of nitrogens with two attached hydrogens (primary N) is 1. The predicted molar refractivity (Wildman–Crippen MR) is 114 cm³/mol. The van der Waals surface area contributed by atoms with E-state index in [0.717, 1.165) is 6.20 Å². The highest BCUT2D eigenvalue weighted by molar-refractivity contribution is 6.00. The number of anilines is 2. The standard InChI is InChI=1S/C20H20FN9O2/c1-10-4-24-19(31)13-7-27-30-16(22)15(14-8-29(2)9-26-14)17(28-18(13)30)23-5-11-3-12(21)6-25-20(11)32-10/h3,6-10H,4-5,22H2,1-2H3,(H,23,28)(H,24,31). The zero-order valence-corrected chi connectivity index (χ0v) is 17.3. The summed E-state index contributed by atoms with van der Waals surface area (Å²) in [5, 5.41) is 10.2. The number of hydrogen-bond acceptors (Lipinski definition) is 8. The molecule has 1 amide bonds. The quantitative estimate of drug-likeness (QED) is 0.406. The van der Waals surface area contributed by atoms with Crippen LogP contribution in [0.25, 0.3) is 16.9 Å². The first-order chi connectivity index (χ1) is 15.4. The number of aromatic nitrogens is 6. The van der Waals surface area contributed by atoms with Gasteiger partial charge in [-0.2, -0.15) is 9.61 Å². The summed E-state index contributed by atoms with van der Waals surface area (Å²) in [7, 11) is 1.83. The fourth-order valence-corrected chi connectivity index (χ4v) is 3.54. The topological polar surface area (TPSA) is 137 Å². The number of nitrogen functional groups attached to an aromatic ring is 1. The maximum Gasteiger partial charge on any atom is 0.256 e. The van der Waals surface area contributed by atoms with E-state index in [1.54, 1.807) is 24.0 Å². The second-order valence-corrected chi connectivity index (χ2v) is 7.55. The minimum atomic E-state index is -0.495. The van der Waals surface area contributed by atoms with Gasteiger partial charge in [0.05, 0.1) is 36.5 Å². The Morgan fingerprint density at radius 1 is 1.28 bits per heavy atom. The summed E-state index contributed by atoms with van der Waals surface area (Å²) in [6.45, 7) is 2.14. The van der Waals surface area contributed by atoms with Crippen molar-refractivity contribution in [1.29, 1.82) is 0 Å². The van der Waals surface area contributed by atoms with Crippen LogP contribution in [0.2, 0.25) is 0 Å². The Balaban J connectivity index is 1.71. The van der Waals surface area contributed by atoms with Gasteiger partial charge in [0.1, 0.15) is 29.1 Å². The number of nitrogens with zero attached hydrogens (tertiary/aromatic N) is 6. The molecule has 5 heterocycles. The van der Waals surface area contributed by atoms with Gasteiger partial charge in [-0.15, -0.1) is 0 Å². The summed E-state index contributed by atoms with van der Waals surface area (Å²) in [6, 6.07) is 1.34. The van der Waals surface area contributed by atoms with Crippen molar-refractivity contribution < 1.29 is 13.9 Å². The summed E-state index contributed by atoms with van der Waals surface area (Å²) in [5.41, 5.74) is 8.55. The smallest absolute Gasteiger partial charge is 0.256 e. The van der Waals surface area contributed by atoms with Crippen molar-refractivity contribution in [3.05, 3.63) is 47.9 Å². The highest BCUT2D eigenvalue weighted by atomic mass is 19.1. The van der Waals surface area contributed by atoms with Gasteiger partial charge in [-0.1, -0.05) is 0 Å². The fraction of sp³-hybridized carbons (Fsp3) is 0.250. The average Bonchev–Trinajstić information content (AvgIpc) is 3.38. The molecule has 1 unspecified atom stereocenters. The van der Waals surface area contributed by atoms with Gasteiger partial charge < -0.3 is 25.7 Å². The number of amides is 1. The van der Waals surface area contributed by atoms with Gasteiger partial charge in [0, 0.05) is 25.4 Å². The van der Waals surface area contributed by atoms with Crippen LogP contribution >= 0.6 is 0 Å². The monoisotopic (exact) mass is 437 g/mol. The molecule has 0 fully saturated rings. The molecular weight excluding hydrogens is 417 g/mol. The molecular formula is C20H20FN9O2. The SMILES string of the molecule is CC1CNC(=O)c2cnn3c(N)c(-c4cn(C)cn4)c(nc23)NCc2cc(F)cnc2O1. The summed E-state index contributed by atoms with van der Waals surface area (Å²) < 4.78 is 23.0. The predicted octanol–water partition coefficient (Wildman–Crippen LogP) is 1.37. The molecule has 0 saturated carbocycles. The molecule has 2 bridgehead atoms. The molecule has 0 radical (unpaired) electrons. The molecule has 0 aliphatic carbocycles. The maximum atomic E-state index is 13.9. The molecule has 1 aliphatic rings. The fourth-order valence-electron chi connectivity index (χ4n) is 3.54. The normalized spacial score (nSPS) is 16.3. The van der Waals surface area contributed by atoms with Crippen LogP contribution in [0.1, 0.15) is 22.8 Å². The van der Waals surface area contributed by atoms with E-state index in [2.05, 4.69) is 30.7 Å². The van der Waals surface area contributed by atoms with Gasteiger partial charge >= 0.3 is 0 Å². The Morgan fingerprint density at radius 2 is 2.12 bits per heavy atom. The number of carbonyl (C=O) groups is 1. The summed E-state index contributed by atoms with van der Waals surface area (Å²) in [5.74, 6) is 0.0187. The molecule has 0 aromatic carbocycles. The molecule has 0 saturated heterocycles. The molecule has 5 rings (SSSR count). The van der Waals surface area contributed by atoms with Crippen molar-refractivity contribution in [2.75, 3.05) is 17.6 Å². The lowest BCUT2D eigenvalue weighted by Gasteiger charge is -2.17. The van der Waals surface area contributed by atoms with Crippen molar-refractivity contribution >= 4 is 23.2 Å². The third-order valence-electron chi connectivity index (χ3n) is 5.09. The van der Waals surface area contributed by atoms with Crippen LogP contribution in [0.5, 0.6) is 5.88 Å². The van der Waals surface area contributed by atoms with Crippen molar-refractivity contribution in [3.63, 3.8) is 0 Å². The van der Waals surface area contributed by atoms with Gasteiger partial charge in [0.15, 0.2) is 5.65 Å². The van der Waals surface area contributed by atoms with Gasteiger partial charge in [0.25, 0.3) is 5.91 Å². The van der Waals surface area contributed by atoms with Crippen molar-refractivity contribution in [3.8, 4) is 17.1 Å². The van der Waals surface area contributed by atoms with E-state index in [1.807, 2.05) is 7.05 Å². The lowest BCUT2D eigenvalue weighted by Crippen LogP contribution is -2.33. The highest BCUT2D eigenvalue weighted by Crippen LogP contribution is 2.33. The third kappa shape index (κ3) is 3.35. The second-order valence-electron chi connectivity index (χ2n) is 7.55. The number of hydrogen-bond donors (Lipinski definition) is 3. The molecule has 4 N–H and O–H groups in total. The van der Waals surface area contributed by atoms with Gasteiger partial charge in [-0.3, -0.25) is 4.79 Å². The first kappa shape index (κ1) is 19.7. The Hall–Kier alpha value is -4.22. The van der Waals surface area contributed by atoms with Crippen LogP contribution in [0, 0.1) is 5.82 Å². The highest BCUT2D eigenvalue weighted by Gasteiger charge is 2.24. The van der Waals surface area contributed by atoms with E-state index in [4.69, 9.17) is 10.5 Å². The number of ether oxygens (including phenoxy) is 1. The van der Waals surface area contributed by atoms with E-state index in [1.165, 1.54) is 16.8 Å². The second kappa shape index (κ2) is 7.48. The Morgan fingerprint density at radius 3 is 2.91 bits per heavy atom. The third-order valence-corrected chi connectivity index (χ3v) is 5.09. The lowest BCUT2D eigenvalue weighted by atomic mass is 10.2. The minimum absolute atomic E-state index is 0.153. The maximum absolute atomic E-state index is 13.9. The first-order valence-corrected chi connectivity index (χ1v) is 9.89. The first-order valence-electron chi connectivity index (χ1n) is 9.89. The molecule has 4 aromatic heterocycles. The molecule has 12 heteroatoms. The van der Waals surface area contributed by atoms with Gasteiger partial charge in [-0.25, -0.2) is 19.3 Å². The number of aryl methyl sites for hydroxylation is 1. The number of rotatable bonds is 1. The Labute approximate surface area is 181 Å². The summed E-state index contributed by atoms with van der Waals surface area (Å²) in [6.07, 6.45) is 5.51. The Bertz CT molecular complexity index is 1350. The van der Waals surface area contributed by atoms with Crippen LogP contribution in [-0.4, -0.2) is 47.7 Å². The molecule has 32 heavy (non-hydrogen) atoms. The van der Waals surface area contributed by atoms with E-state index in [9.17, 15) is 9.18 Å². The van der Waals surface area contributed by atoms with Crippen LogP contribution in [0.3, 0.4) is 0 Å². The van der Waals surface area contributed by atoms with Crippen molar-refractivity contribution in [1.82, 2.24) is 34.4 Å². The van der Waals surface area contributed by atoms with Crippen LogP contribution in [0.15, 0.2) is 31.0 Å². The van der Waals surface area contributed by atoms with Crippen LogP contribution in [0.4, 0.5) is 16.0 Å². The van der Waals surface area contributed by atoms with Crippen LogP contribution < -0.4 is 21.1 Å². The molecule has 0 spiro atoms. The van der Waals surface area contributed by atoms with E-state index in [-0.39, 0.29) is 41.9 Å². The summed E-state index contributed by atoms with van der Waals surface area (Å²) in [4.78, 5) is 25.9. The summed E-state index contributed by atoms with van der Waals surface area (Å²) >= 11 is 0. The largest absolute Gasteiger partial charge is 0.473 e. The van der Waals surface area contributed by atoms with Crippen LogP contribution in [-0.2, 0) is 13.6 Å². The minimum Gasteiger partial charge on any atom is -0.473 e. The lowest BCUT2D eigenvalue weighted by molar-refractivity contribution is 0.0932. The molecule has 11 nitrogen and oxygen atoms in total. The average molecular weight is 437 g/mol. The number of pyridine rings is 1. The van der Waals surface area contributed by atoms with Crippen molar-refractivity contribution in [2.24, 2.45) is 7.05 Å². The van der Waals surface area contributed by atoms with E-state index in [0.29, 0.717) is 22.6 Å². The molecule has 164 valence electrons. The number of fused-ring (bicyclic) bond motifs is 2. The Kier molecular flexibility index (Phi) is 4.61. The van der Waals surface area contributed by atoms with Crippen molar-refractivity contribution in [2.45, 2.75) is 19.6 Å².